The minimum absolute atomic E-state index is 0.156. The number of halogens is 1. The fraction of sp³-hybridized carbons (Fsp3) is 0.111. The summed E-state index contributed by atoms with van der Waals surface area (Å²) < 4.78 is 6.57. The maximum atomic E-state index is 12.1. The summed E-state index contributed by atoms with van der Waals surface area (Å²) in [5.74, 6) is 0.777. The zero-order valence-corrected chi connectivity index (χ0v) is 13.3. The summed E-state index contributed by atoms with van der Waals surface area (Å²) in [4.78, 5) is 12.1. The Hall–Kier alpha value is -2.59. The van der Waals surface area contributed by atoms with Crippen LogP contribution in [0.25, 0.3) is 11.3 Å². The second-order valence-electron chi connectivity index (χ2n) is 5.04. The highest BCUT2D eigenvalue weighted by atomic mass is 35.5. The lowest BCUT2D eigenvalue weighted by atomic mass is 10.1. The van der Waals surface area contributed by atoms with Gasteiger partial charge >= 0.3 is 0 Å². The number of benzene rings is 2. The van der Waals surface area contributed by atoms with E-state index in [0.29, 0.717) is 17.3 Å². The van der Waals surface area contributed by atoms with Gasteiger partial charge in [-0.3, -0.25) is 4.79 Å². The van der Waals surface area contributed by atoms with Crippen molar-refractivity contribution in [2.75, 3.05) is 7.11 Å². The van der Waals surface area contributed by atoms with Crippen LogP contribution in [0.1, 0.15) is 5.56 Å². The Morgan fingerprint density at radius 3 is 2.48 bits per heavy atom. The van der Waals surface area contributed by atoms with Crippen molar-refractivity contribution in [1.82, 2.24) is 9.78 Å². The van der Waals surface area contributed by atoms with Gasteiger partial charge in [-0.25, -0.2) is 4.68 Å². The van der Waals surface area contributed by atoms with Gasteiger partial charge in [0.25, 0.3) is 5.56 Å². The number of ether oxygens (including phenoxy) is 1. The van der Waals surface area contributed by atoms with E-state index in [-0.39, 0.29) is 5.56 Å². The molecule has 5 heteroatoms. The van der Waals surface area contributed by atoms with Crippen LogP contribution in [-0.2, 0) is 6.54 Å². The van der Waals surface area contributed by atoms with Crippen LogP contribution in [0.4, 0.5) is 0 Å². The van der Waals surface area contributed by atoms with Crippen LogP contribution < -0.4 is 10.3 Å². The molecule has 0 spiro atoms. The zero-order valence-electron chi connectivity index (χ0n) is 12.6. The minimum Gasteiger partial charge on any atom is -0.497 e. The lowest BCUT2D eigenvalue weighted by Crippen LogP contribution is -2.22. The Balaban J connectivity index is 1.94. The van der Waals surface area contributed by atoms with Gasteiger partial charge in [0.1, 0.15) is 5.75 Å². The van der Waals surface area contributed by atoms with Crippen LogP contribution in [0.5, 0.6) is 5.75 Å². The van der Waals surface area contributed by atoms with Crippen molar-refractivity contribution in [2.24, 2.45) is 0 Å². The predicted octanol–water partition coefficient (Wildman–Crippen LogP) is 3.62. The van der Waals surface area contributed by atoms with Gasteiger partial charge < -0.3 is 4.74 Å². The quantitative estimate of drug-likeness (QED) is 0.735. The Morgan fingerprint density at radius 1 is 1.04 bits per heavy atom. The van der Waals surface area contributed by atoms with E-state index in [1.807, 2.05) is 42.5 Å². The molecular formula is C18H15ClN2O2. The Kier molecular flexibility index (Phi) is 4.44. The van der Waals surface area contributed by atoms with Crippen LogP contribution in [0.2, 0.25) is 5.02 Å². The monoisotopic (exact) mass is 326 g/mol. The van der Waals surface area contributed by atoms with Crippen LogP contribution >= 0.6 is 11.6 Å². The molecule has 0 radical (unpaired) electrons. The molecule has 3 rings (SSSR count). The molecule has 23 heavy (non-hydrogen) atoms. The van der Waals surface area contributed by atoms with Crippen molar-refractivity contribution in [3.63, 3.8) is 0 Å². The molecule has 1 aromatic heterocycles. The molecule has 3 aromatic rings. The molecule has 0 saturated heterocycles. The molecule has 2 aromatic carbocycles. The maximum absolute atomic E-state index is 12.1. The molecule has 0 saturated carbocycles. The second-order valence-corrected chi connectivity index (χ2v) is 5.45. The first-order valence-electron chi connectivity index (χ1n) is 7.13. The molecule has 0 unspecified atom stereocenters. The molecule has 0 amide bonds. The molecule has 0 aliphatic carbocycles. The fourth-order valence-corrected chi connectivity index (χ4v) is 2.51. The highest BCUT2D eigenvalue weighted by Crippen LogP contribution is 2.24. The Morgan fingerprint density at radius 2 is 1.78 bits per heavy atom. The number of hydrogen-bond donors (Lipinski definition) is 0. The molecule has 116 valence electrons. The normalized spacial score (nSPS) is 10.5. The topological polar surface area (TPSA) is 44.1 Å². The standard InChI is InChI=1S/C18H15ClN2O2/c1-23-14-8-6-13(7-9-14)12-21-18(22)11-10-17(20-21)15-4-2-3-5-16(15)19/h2-11H,12H2,1H3. The van der Waals surface area contributed by atoms with E-state index in [4.69, 9.17) is 16.3 Å². The van der Waals surface area contributed by atoms with Crippen LogP contribution in [0, 0.1) is 0 Å². The third kappa shape index (κ3) is 3.43. The minimum atomic E-state index is -0.156. The molecule has 0 fully saturated rings. The summed E-state index contributed by atoms with van der Waals surface area (Å²) in [6, 6.07) is 18.2. The third-order valence-electron chi connectivity index (χ3n) is 3.51. The van der Waals surface area contributed by atoms with Gasteiger partial charge in [0.2, 0.25) is 0 Å². The molecule has 0 atom stereocenters. The average Bonchev–Trinajstić information content (AvgIpc) is 2.58. The highest BCUT2D eigenvalue weighted by molar-refractivity contribution is 6.33. The molecule has 0 bridgehead atoms. The van der Waals surface area contributed by atoms with E-state index >= 15 is 0 Å². The van der Waals surface area contributed by atoms with Crippen LogP contribution in [-0.4, -0.2) is 16.9 Å². The maximum Gasteiger partial charge on any atom is 0.267 e. The lowest BCUT2D eigenvalue weighted by Gasteiger charge is -2.09. The molecular weight excluding hydrogens is 312 g/mol. The molecule has 1 heterocycles. The summed E-state index contributed by atoms with van der Waals surface area (Å²) in [7, 11) is 1.62. The van der Waals surface area contributed by atoms with Gasteiger partial charge in [0.15, 0.2) is 0 Å². The summed E-state index contributed by atoms with van der Waals surface area (Å²) in [5.41, 5.74) is 2.29. The number of aromatic nitrogens is 2. The molecule has 0 N–H and O–H groups in total. The SMILES string of the molecule is COc1ccc(Cn2nc(-c3ccccc3Cl)ccc2=O)cc1. The van der Waals surface area contributed by atoms with Gasteiger partial charge in [-0.2, -0.15) is 5.10 Å². The first-order chi connectivity index (χ1) is 11.2. The van der Waals surface area contributed by atoms with Crippen LogP contribution in [0.3, 0.4) is 0 Å². The van der Waals surface area contributed by atoms with E-state index in [1.165, 1.54) is 10.7 Å². The van der Waals surface area contributed by atoms with E-state index in [2.05, 4.69) is 5.10 Å². The number of hydrogen-bond acceptors (Lipinski definition) is 3. The van der Waals surface area contributed by atoms with Gasteiger partial charge in [-0.05, 0) is 29.8 Å². The number of rotatable bonds is 4. The largest absolute Gasteiger partial charge is 0.497 e. The summed E-state index contributed by atoms with van der Waals surface area (Å²) >= 11 is 6.20. The zero-order chi connectivity index (χ0) is 16.2. The average molecular weight is 327 g/mol. The lowest BCUT2D eigenvalue weighted by molar-refractivity contribution is 0.414. The molecule has 0 aliphatic heterocycles. The van der Waals surface area contributed by atoms with E-state index in [1.54, 1.807) is 19.2 Å². The third-order valence-corrected chi connectivity index (χ3v) is 3.84. The first kappa shape index (κ1) is 15.3. The van der Waals surface area contributed by atoms with Crippen molar-refractivity contribution in [3.8, 4) is 17.0 Å². The van der Waals surface area contributed by atoms with Crippen LogP contribution in [0.15, 0.2) is 65.5 Å². The van der Waals surface area contributed by atoms with Gasteiger partial charge in [-0.1, -0.05) is 41.9 Å². The second kappa shape index (κ2) is 6.67. The smallest absolute Gasteiger partial charge is 0.267 e. The van der Waals surface area contributed by atoms with Crippen molar-refractivity contribution >= 4 is 11.6 Å². The number of methoxy groups -OCH3 is 1. The first-order valence-corrected chi connectivity index (χ1v) is 7.51. The predicted molar refractivity (Wildman–Crippen MR) is 91.0 cm³/mol. The van der Waals surface area contributed by atoms with Gasteiger partial charge in [0, 0.05) is 11.6 Å². The molecule has 0 aliphatic rings. The fourth-order valence-electron chi connectivity index (χ4n) is 2.28. The molecule has 4 nitrogen and oxygen atoms in total. The van der Waals surface area contributed by atoms with Crippen molar-refractivity contribution < 1.29 is 4.74 Å². The Bertz CT molecular complexity index is 873. The van der Waals surface area contributed by atoms with E-state index in [0.717, 1.165) is 16.9 Å². The number of nitrogens with zero attached hydrogens (tertiary/aromatic N) is 2. The highest BCUT2D eigenvalue weighted by Gasteiger charge is 2.07. The van der Waals surface area contributed by atoms with Crippen molar-refractivity contribution in [3.05, 3.63) is 81.6 Å². The summed E-state index contributed by atoms with van der Waals surface area (Å²) in [5, 5.41) is 5.04. The van der Waals surface area contributed by atoms with E-state index < -0.39 is 0 Å². The van der Waals surface area contributed by atoms with E-state index in [9.17, 15) is 4.79 Å². The Labute approximate surface area is 138 Å². The van der Waals surface area contributed by atoms with Gasteiger partial charge in [0.05, 0.1) is 24.4 Å². The summed E-state index contributed by atoms with van der Waals surface area (Å²) in [6.07, 6.45) is 0. The van der Waals surface area contributed by atoms with Crippen molar-refractivity contribution in [2.45, 2.75) is 6.54 Å². The van der Waals surface area contributed by atoms with Gasteiger partial charge in [-0.15, -0.1) is 0 Å². The van der Waals surface area contributed by atoms with Crippen molar-refractivity contribution in [1.29, 1.82) is 0 Å². The summed E-state index contributed by atoms with van der Waals surface area (Å²) in [6.45, 7) is 0.390.